The van der Waals surface area contributed by atoms with E-state index in [0.717, 1.165) is 11.8 Å². The van der Waals surface area contributed by atoms with E-state index in [1.807, 2.05) is 4.90 Å². The average Bonchev–Trinajstić information content (AvgIpc) is 3.48. The number of nitrogens with zero attached hydrogens (tertiary/aromatic N) is 4. The van der Waals surface area contributed by atoms with Crippen molar-refractivity contribution in [3.63, 3.8) is 0 Å². The zero-order chi connectivity index (χ0) is 27.1. The summed E-state index contributed by atoms with van der Waals surface area (Å²) in [6.45, 7) is 3.23. The van der Waals surface area contributed by atoms with E-state index in [0.29, 0.717) is 48.5 Å². The lowest BCUT2D eigenvalue weighted by atomic mass is 10.1. The first-order chi connectivity index (χ1) is 18.2. The van der Waals surface area contributed by atoms with E-state index in [-0.39, 0.29) is 29.0 Å². The Hall–Kier alpha value is -3.80. The largest absolute Gasteiger partial charge is 0.448 e. The zero-order valence-electron chi connectivity index (χ0n) is 21.1. The van der Waals surface area contributed by atoms with Crippen LogP contribution in [0.2, 0.25) is 0 Å². The number of piperazine rings is 1. The maximum Gasteiger partial charge on any atom is 0.416 e. The van der Waals surface area contributed by atoms with Crippen LogP contribution in [0.3, 0.4) is 0 Å². The van der Waals surface area contributed by atoms with Gasteiger partial charge in [0.1, 0.15) is 5.82 Å². The lowest BCUT2D eigenvalue weighted by Gasteiger charge is -2.36. The number of hydrogen-bond acceptors (Lipinski definition) is 7. The summed E-state index contributed by atoms with van der Waals surface area (Å²) in [7, 11) is 1.54. The number of amides is 3. The number of furan rings is 1. The van der Waals surface area contributed by atoms with Crippen LogP contribution in [0.15, 0.2) is 40.8 Å². The normalized spacial score (nSPS) is 17.8. The smallest absolute Gasteiger partial charge is 0.416 e. The fourth-order valence-electron chi connectivity index (χ4n) is 4.75. The molecule has 2 aromatic carbocycles. The summed E-state index contributed by atoms with van der Waals surface area (Å²) in [5.74, 6) is -1.27. The topological polar surface area (TPSA) is 86.5 Å². The minimum atomic E-state index is -0.761. The van der Waals surface area contributed by atoms with Gasteiger partial charge < -0.3 is 19.0 Å². The highest BCUT2D eigenvalue weighted by Crippen LogP contribution is 2.31. The maximum absolute atomic E-state index is 15.2. The molecule has 0 N–H and O–H groups in total. The van der Waals surface area contributed by atoms with Gasteiger partial charge in [0.15, 0.2) is 23.4 Å². The van der Waals surface area contributed by atoms with Crippen LogP contribution in [0.4, 0.5) is 29.7 Å². The van der Waals surface area contributed by atoms with Crippen LogP contribution >= 0.6 is 11.8 Å². The number of aryl methyl sites for hydroxylation is 1. The number of rotatable bonds is 4. The molecular formula is C26H26F2N4O5S. The molecule has 2 aliphatic heterocycles. The maximum atomic E-state index is 15.2. The lowest BCUT2D eigenvalue weighted by Crippen LogP contribution is -2.49. The number of halogens is 2. The number of carbonyl (C=O) groups is 3. The standard InChI is InChI=1S/C26H26F2N4O5S/c1-15-17-5-4-6-18(27)23(17)37-22(15)24(33)31-11-9-30(10-12-31)20-8-7-16(13-19(20)28)32-14-21(36-25(32)34)29(2)26(35)38-3/h4-8,13,21H,9-12,14H2,1-3H3. The van der Waals surface area contributed by atoms with Gasteiger partial charge in [0.05, 0.1) is 17.9 Å². The SMILES string of the molecule is CSC(=O)N(C)C1CN(c2ccc(N3CCN(C(=O)c4oc5c(F)cccc5c4C)CC3)c(F)c2)C(=O)O1. The number of para-hydroxylation sites is 1. The van der Waals surface area contributed by atoms with E-state index in [1.165, 1.54) is 21.9 Å². The van der Waals surface area contributed by atoms with Crippen LogP contribution in [0.5, 0.6) is 0 Å². The minimum Gasteiger partial charge on any atom is -0.448 e. The van der Waals surface area contributed by atoms with Crippen molar-refractivity contribution in [3.8, 4) is 0 Å². The first-order valence-electron chi connectivity index (χ1n) is 12.0. The molecule has 2 aliphatic rings. The number of anilines is 2. The third kappa shape index (κ3) is 4.53. The molecule has 0 bridgehead atoms. The average molecular weight is 545 g/mol. The summed E-state index contributed by atoms with van der Waals surface area (Å²) in [4.78, 5) is 43.4. The Morgan fingerprint density at radius 2 is 1.82 bits per heavy atom. The van der Waals surface area contributed by atoms with Crippen LogP contribution in [0.25, 0.3) is 11.0 Å². The molecule has 3 aromatic rings. The number of fused-ring (bicyclic) bond motifs is 1. The van der Waals surface area contributed by atoms with Gasteiger partial charge in [-0.2, -0.15) is 0 Å². The molecule has 3 heterocycles. The quantitative estimate of drug-likeness (QED) is 0.472. The number of hydrogen-bond donors (Lipinski definition) is 0. The van der Waals surface area contributed by atoms with E-state index in [2.05, 4.69) is 0 Å². The highest BCUT2D eigenvalue weighted by Gasteiger charge is 2.37. The van der Waals surface area contributed by atoms with Crippen molar-refractivity contribution in [2.75, 3.05) is 55.8 Å². The second-order valence-corrected chi connectivity index (χ2v) is 9.88. The Balaban J connectivity index is 1.25. The van der Waals surface area contributed by atoms with Crippen molar-refractivity contribution in [1.82, 2.24) is 9.80 Å². The van der Waals surface area contributed by atoms with E-state index in [9.17, 15) is 18.8 Å². The molecule has 1 aromatic heterocycles. The van der Waals surface area contributed by atoms with Crippen molar-refractivity contribution in [2.45, 2.75) is 13.2 Å². The number of carbonyl (C=O) groups excluding carboxylic acids is 3. The Morgan fingerprint density at radius 3 is 2.47 bits per heavy atom. The van der Waals surface area contributed by atoms with Crippen molar-refractivity contribution in [3.05, 3.63) is 59.4 Å². The summed E-state index contributed by atoms with van der Waals surface area (Å²) in [6.07, 6.45) is 0.219. The van der Waals surface area contributed by atoms with Crippen LogP contribution in [-0.4, -0.2) is 79.3 Å². The fraction of sp³-hybridized carbons (Fsp3) is 0.346. The van der Waals surface area contributed by atoms with Crippen LogP contribution in [-0.2, 0) is 4.74 Å². The second-order valence-electron chi connectivity index (χ2n) is 9.12. The van der Waals surface area contributed by atoms with Crippen molar-refractivity contribution in [2.24, 2.45) is 0 Å². The molecule has 2 fully saturated rings. The van der Waals surface area contributed by atoms with E-state index >= 15 is 4.39 Å². The van der Waals surface area contributed by atoms with Crippen LogP contribution < -0.4 is 9.80 Å². The molecule has 9 nitrogen and oxygen atoms in total. The van der Waals surface area contributed by atoms with Gasteiger partial charge in [0.25, 0.3) is 11.1 Å². The molecule has 0 saturated carbocycles. The first-order valence-corrected chi connectivity index (χ1v) is 13.2. The fourth-order valence-corrected chi connectivity index (χ4v) is 5.15. The molecule has 0 radical (unpaired) electrons. The molecule has 3 amide bonds. The molecular weight excluding hydrogens is 518 g/mol. The van der Waals surface area contributed by atoms with E-state index < -0.39 is 24.0 Å². The third-order valence-corrected chi connectivity index (χ3v) is 7.59. The molecule has 1 atom stereocenters. The molecule has 200 valence electrons. The highest BCUT2D eigenvalue weighted by molar-refractivity contribution is 8.12. The van der Waals surface area contributed by atoms with Gasteiger partial charge >= 0.3 is 6.09 Å². The van der Waals surface area contributed by atoms with Gasteiger partial charge in [-0.15, -0.1) is 0 Å². The Morgan fingerprint density at radius 1 is 1.08 bits per heavy atom. The number of thioether (sulfide) groups is 1. The number of benzene rings is 2. The van der Waals surface area contributed by atoms with Crippen LogP contribution in [0.1, 0.15) is 16.1 Å². The number of cyclic esters (lactones) is 1. The van der Waals surface area contributed by atoms with Gasteiger partial charge in [-0.25, -0.2) is 13.6 Å². The molecule has 12 heteroatoms. The Kier molecular flexibility index (Phi) is 6.91. The molecule has 0 spiro atoms. The Labute approximate surface area is 221 Å². The van der Waals surface area contributed by atoms with Gasteiger partial charge in [-0.05, 0) is 37.4 Å². The van der Waals surface area contributed by atoms with Crippen molar-refractivity contribution >= 4 is 51.3 Å². The van der Waals surface area contributed by atoms with Gasteiger partial charge in [-0.1, -0.05) is 23.9 Å². The third-order valence-electron chi connectivity index (χ3n) is 6.95. The summed E-state index contributed by atoms with van der Waals surface area (Å²) in [6, 6.07) is 9.05. The van der Waals surface area contributed by atoms with E-state index in [1.54, 1.807) is 49.4 Å². The predicted molar refractivity (Wildman–Crippen MR) is 140 cm³/mol. The summed E-state index contributed by atoms with van der Waals surface area (Å²) in [5, 5.41) is 0.316. The van der Waals surface area contributed by atoms with Crippen molar-refractivity contribution < 1.29 is 32.3 Å². The molecule has 38 heavy (non-hydrogen) atoms. The van der Waals surface area contributed by atoms with Gasteiger partial charge in [0.2, 0.25) is 0 Å². The highest BCUT2D eigenvalue weighted by atomic mass is 32.2. The number of likely N-dealkylation sites (N-methyl/N-ethyl adjacent to an activating group) is 1. The summed E-state index contributed by atoms with van der Waals surface area (Å²) in [5.41, 5.74) is 1.32. The number of ether oxygens (including phenoxy) is 1. The van der Waals surface area contributed by atoms with Crippen molar-refractivity contribution in [1.29, 1.82) is 0 Å². The first kappa shape index (κ1) is 25.8. The van der Waals surface area contributed by atoms with Crippen LogP contribution in [0, 0.1) is 18.6 Å². The monoisotopic (exact) mass is 544 g/mol. The minimum absolute atomic E-state index is 0.0600. The lowest BCUT2D eigenvalue weighted by molar-refractivity contribution is 0.0668. The predicted octanol–water partition coefficient (Wildman–Crippen LogP) is 4.68. The molecule has 0 aliphatic carbocycles. The van der Waals surface area contributed by atoms with Gasteiger partial charge in [-0.3, -0.25) is 19.4 Å². The summed E-state index contributed by atoms with van der Waals surface area (Å²) >= 11 is 1.01. The zero-order valence-corrected chi connectivity index (χ0v) is 21.9. The van der Waals surface area contributed by atoms with E-state index in [4.69, 9.17) is 9.15 Å². The molecule has 1 unspecified atom stereocenters. The summed E-state index contributed by atoms with van der Waals surface area (Å²) < 4.78 is 40.1. The molecule has 2 saturated heterocycles. The molecule has 5 rings (SSSR count). The van der Waals surface area contributed by atoms with Gasteiger partial charge in [0, 0.05) is 44.2 Å². The second kappa shape index (κ2) is 10.2. The Bertz CT molecular complexity index is 1420.